The molecule has 178 valence electrons. The number of sulfonamides is 1. The Morgan fingerprint density at radius 1 is 0.844 bits per heavy atom. The van der Waals surface area contributed by atoms with Crippen LogP contribution < -0.4 is 5.32 Å². The zero-order valence-electron chi connectivity index (χ0n) is 18.9. The summed E-state index contributed by atoms with van der Waals surface area (Å²) in [5.41, 5.74) is 0. The standard InChI is InChI=1S/C23H36N4O4S/c28-22(24-13-8-16-25-14-6-1-2-7-15-25)11-12-23(29)26-17-19-27(20-18-26)32(30,31)21-9-4-3-5-10-21/h3-5,9-10H,1-2,6-8,11-20H2,(H,24,28). The molecule has 0 spiro atoms. The van der Waals surface area contributed by atoms with E-state index >= 15 is 0 Å². The van der Waals surface area contributed by atoms with E-state index in [9.17, 15) is 18.0 Å². The van der Waals surface area contributed by atoms with Crippen LogP contribution in [0.25, 0.3) is 0 Å². The number of amides is 2. The molecule has 1 aromatic carbocycles. The van der Waals surface area contributed by atoms with E-state index in [1.165, 1.54) is 30.0 Å². The van der Waals surface area contributed by atoms with Crippen LogP contribution >= 0.6 is 0 Å². The number of benzene rings is 1. The SMILES string of the molecule is O=C(CCC(=O)N1CCN(S(=O)(=O)c2ccccc2)CC1)NCCCN1CCCCCC1. The lowest BCUT2D eigenvalue weighted by molar-refractivity contribution is -0.134. The summed E-state index contributed by atoms with van der Waals surface area (Å²) >= 11 is 0. The minimum absolute atomic E-state index is 0.0959. The minimum Gasteiger partial charge on any atom is -0.356 e. The van der Waals surface area contributed by atoms with Crippen LogP contribution in [0.1, 0.15) is 44.9 Å². The molecule has 0 aliphatic carbocycles. The van der Waals surface area contributed by atoms with Gasteiger partial charge in [0.2, 0.25) is 21.8 Å². The van der Waals surface area contributed by atoms with Gasteiger partial charge >= 0.3 is 0 Å². The summed E-state index contributed by atoms with van der Waals surface area (Å²) in [6.45, 7) is 5.20. The van der Waals surface area contributed by atoms with Crippen molar-refractivity contribution in [3.05, 3.63) is 30.3 Å². The molecule has 0 atom stereocenters. The molecular weight excluding hydrogens is 428 g/mol. The Hall–Kier alpha value is -1.97. The number of nitrogens with one attached hydrogen (secondary N) is 1. The number of carbonyl (C=O) groups excluding carboxylic acids is 2. The Morgan fingerprint density at radius 2 is 1.50 bits per heavy atom. The fourth-order valence-electron chi connectivity index (χ4n) is 4.28. The molecule has 2 amide bonds. The predicted octanol–water partition coefficient (Wildman–Crippen LogP) is 1.68. The van der Waals surface area contributed by atoms with Gasteiger partial charge in [0, 0.05) is 45.6 Å². The van der Waals surface area contributed by atoms with Crippen molar-refractivity contribution in [2.75, 3.05) is 52.4 Å². The fourth-order valence-corrected chi connectivity index (χ4v) is 5.72. The molecule has 3 rings (SSSR count). The second-order valence-electron chi connectivity index (χ2n) is 8.56. The maximum atomic E-state index is 12.7. The van der Waals surface area contributed by atoms with Crippen molar-refractivity contribution in [1.29, 1.82) is 0 Å². The van der Waals surface area contributed by atoms with E-state index in [4.69, 9.17) is 0 Å². The number of rotatable bonds is 9. The second kappa shape index (κ2) is 12.3. The lowest BCUT2D eigenvalue weighted by atomic mass is 10.2. The lowest BCUT2D eigenvalue weighted by Crippen LogP contribution is -2.50. The first-order valence-electron chi connectivity index (χ1n) is 11.8. The van der Waals surface area contributed by atoms with Crippen molar-refractivity contribution in [2.24, 2.45) is 0 Å². The highest BCUT2D eigenvalue weighted by atomic mass is 32.2. The molecule has 9 heteroatoms. The molecule has 32 heavy (non-hydrogen) atoms. The predicted molar refractivity (Wildman–Crippen MR) is 124 cm³/mol. The average molecular weight is 465 g/mol. The zero-order chi connectivity index (χ0) is 22.8. The Bertz CT molecular complexity index is 831. The van der Waals surface area contributed by atoms with Crippen molar-refractivity contribution in [1.82, 2.24) is 19.4 Å². The average Bonchev–Trinajstić information content (AvgIpc) is 3.10. The monoisotopic (exact) mass is 464 g/mol. The van der Waals surface area contributed by atoms with Crippen molar-refractivity contribution >= 4 is 21.8 Å². The molecule has 2 heterocycles. The summed E-state index contributed by atoms with van der Waals surface area (Å²) < 4.78 is 26.8. The van der Waals surface area contributed by atoms with Gasteiger partial charge in [0.25, 0.3) is 0 Å². The van der Waals surface area contributed by atoms with Gasteiger partial charge in [-0.2, -0.15) is 4.31 Å². The summed E-state index contributed by atoms with van der Waals surface area (Å²) in [4.78, 5) is 29.0. The Kier molecular flexibility index (Phi) is 9.50. The van der Waals surface area contributed by atoms with Crippen LogP contribution in [0.5, 0.6) is 0 Å². The third-order valence-corrected chi connectivity index (χ3v) is 8.12. The van der Waals surface area contributed by atoms with Gasteiger partial charge in [-0.3, -0.25) is 9.59 Å². The third-order valence-electron chi connectivity index (χ3n) is 6.21. The van der Waals surface area contributed by atoms with Crippen molar-refractivity contribution in [3.63, 3.8) is 0 Å². The van der Waals surface area contributed by atoms with E-state index in [0.717, 1.165) is 26.1 Å². The maximum Gasteiger partial charge on any atom is 0.243 e. The molecule has 2 aliphatic rings. The molecule has 8 nitrogen and oxygen atoms in total. The van der Waals surface area contributed by atoms with E-state index in [-0.39, 0.29) is 42.6 Å². The Labute approximate surface area is 192 Å². The largest absolute Gasteiger partial charge is 0.356 e. The molecule has 1 N–H and O–H groups in total. The number of hydrogen-bond acceptors (Lipinski definition) is 5. The van der Waals surface area contributed by atoms with Gasteiger partial charge in [0.1, 0.15) is 0 Å². The third kappa shape index (κ3) is 7.28. The van der Waals surface area contributed by atoms with E-state index in [1.807, 2.05) is 0 Å². The molecule has 2 saturated heterocycles. The Balaban J connectivity index is 1.31. The normalized spacial score (nSPS) is 18.8. The summed E-state index contributed by atoms with van der Waals surface area (Å²) in [5.74, 6) is -0.194. The van der Waals surface area contributed by atoms with Gasteiger partial charge < -0.3 is 15.1 Å². The first-order valence-corrected chi connectivity index (χ1v) is 13.2. The molecule has 0 saturated carbocycles. The molecule has 0 radical (unpaired) electrons. The van der Waals surface area contributed by atoms with Crippen LogP contribution in [-0.4, -0.2) is 86.7 Å². The summed E-state index contributed by atoms with van der Waals surface area (Å²) in [5, 5.41) is 2.92. The lowest BCUT2D eigenvalue weighted by Gasteiger charge is -2.34. The summed E-state index contributed by atoms with van der Waals surface area (Å²) in [6, 6.07) is 8.35. The molecular formula is C23H36N4O4S. The van der Waals surface area contributed by atoms with Gasteiger partial charge in [-0.25, -0.2) is 8.42 Å². The van der Waals surface area contributed by atoms with Crippen LogP contribution in [0.15, 0.2) is 35.2 Å². The highest BCUT2D eigenvalue weighted by Crippen LogP contribution is 2.17. The van der Waals surface area contributed by atoms with Crippen LogP contribution in [0.4, 0.5) is 0 Å². The highest BCUT2D eigenvalue weighted by Gasteiger charge is 2.29. The first kappa shape index (κ1) is 24.7. The molecule has 0 aromatic heterocycles. The molecule has 2 aliphatic heterocycles. The van der Waals surface area contributed by atoms with Gasteiger partial charge in [0.05, 0.1) is 4.90 Å². The molecule has 0 bridgehead atoms. The van der Waals surface area contributed by atoms with E-state index in [0.29, 0.717) is 19.6 Å². The summed E-state index contributed by atoms with van der Waals surface area (Å²) in [7, 11) is -3.53. The van der Waals surface area contributed by atoms with Gasteiger partial charge in [-0.15, -0.1) is 0 Å². The molecule has 0 unspecified atom stereocenters. The molecule has 2 fully saturated rings. The maximum absolute atomic E-state index is 12.7. The smallest absolute Gasteiger partial charge is 0.243 e. The van der Waals surface area contributed by atoms with Crippen molar-refractivity contribution in [2.45, 2.75) is 49.8 Å². The van der Waals surface area contributed by atoms with Gasteiger partial charge in [-0.1, -0.05) is 31.0 Å². The fraction of sp³-hybridized carbons (Fsp3) is 0.652. The van der Waals surface area contributed by atoms with E-state index in [2.05, 4.69) is 10.2 Å². The van der Waals surface area contributed by atoms with Crippen molar-refractivity contribution < 1.29 is 18.0 Å². The van der Waals surface area contributed by atoms with E-state index < -0.39 is 10.0 Å². The van der Waals surface area contributed by atoms with Gasteiger partial charge in [0.15, 0.2) is 0 Å². The zero-order valence-corrected chi connectivity index (χ0v) is 19.7. The van der Waals surface area contributed by atoms with Crippen molar-refractivity contribution in [3.8, 4) is 0 Å². The van der Waals surface area contributed by atoms with Crippen LogP contribution in [0, 0.1) is 0 Å². The second-order valence-corrected chi connectivity index (χ2v) is 10.5. The Morgan fingerprint density at radius 3 is 2.16 bits per heavy atom. The number of nitrogens with zero attached hydrogens (tertiary/aromatic N) is 3. The van der Waals surface area contributed by atoms with Gasteiger partial charge in [-0.05, 0) is 51.0 Å². The van der Waals surface area contributed by atoms with Crippen LogP contribution in [-0.2, 0) is 19.6 Å². The first-order chi connectivity index (χ1) is 15.5. The number of carbonyl (C=O) groups is 2. The minimum atomic E-state index is -3.53. The number of hydrogen-bond donors (Lipinski definition) is 1. The molecule has 1 aromatic rings. The number of piperazine rings is 1. The van der Waals surface area contributed by atoms with E-state index in [1.54, 1.807) is 35.2 Å². The quantitative estimate of drug-likeness (QED) is 0.562. The van der Waals surface area contributed by atoms with Crippen LogP contribution in [0.3, 0.4) is 0 Å². The highest BCUT2D eigenvalue weighted by molar-refractivity contribution is 7.89. The summed E-state index contributed by atoms with van der Waals surface area (Å²) in [6.07, 6.45) is 6.42. The topological polar surface area (TPSA) is 90.0 Å². The van der Waals surface area contributed by atoms with Crippen LogP contribution in [0.2, 0.25) is 0 Å². The number of likely N-dealkylation sites (tertiary alicyclic amines) is 1.